The summed E-state index contributed by atoms with van der Waals surface area (Å²) in [5.74, 6) is 0.527. The normalized spacial score (nSPS) is 10.2. The van der Waals surface area contributed by atoms with Crippen molar-refractivity contribution < 1.29 is 4.79 Å². The van der Waals surface area contributed by atoms with Gasteiger partial charge in [0.25, 0.3) is 0 Å². The van der Waals surface area contributed by atoms with Crippen LogP contribution in [0.2, 0.25) is 0 Å². The zero-order valence-corrected chi connectivity index (χ0v) is 9.60. The van der Waals surface area contributed by atoms with Crippen LogP contribution in [0.5, 0.6) is 0 Å². The van der Waals surface area contributed by atoms with E-state index in [1.807, 2.05) is 19.1 Å². The standard InChI is InChI=1S/C12H14N4O/c1-9-7-11(16-15-9)14-12(17)5-4-10-3-2-6-13-8-10/h2-3,6-8H,4-5H2,1H3,(H2,14,15,16,17). The fourth-order valence-electron chi connectivity index (χ4n) is 1.49. The van der Waals surface area contributed by atoms with E-state index in [4.69, 9.17) is 0 Å². The molecule has 0 spiro atoms. The van der Waals surface area contributed by atoms with Crippen molar-refractivity contribution in [1.29, 1.82) is 0 Å². The number of aromatic amines is 1. The van der Waals surface area contributed by atoms with Crippen molar-refractivity contribution >= 4 is 11.7 Å². The minimum Gasteiger partial charge on any atom is -0.309 e. The highest BCUT2D eigenvalue weighted by Crippen LogP contribution is 2.06. The molecular formula is C12H14N4O. The van der Waals surface area contributed by atoms with Gasteiger partial charge in [-0.25, -0.2) is 0 Å². The molecule has 0 bridgehead atoms. The molecule has 0 aliphatic carbocycles. The van der Waals surface area contributed by atoms with Gasteiger partial charge in [-0.2, -0.15) is 5.10 Å². The number of amides is 1. The number of H-pyrrole nitrogens is 1. The summed E-state index contributed by atoms with van der Waals surface area (Å²) < 4.78 is 0. The summed E-state index contributed by atoms with van der Waals surface area (Å²) in [7, 11) is 0. The van der Waals surface area contributed by atoms with Gasteiger partial charge in [-0.15, -0.1) is 0 Å². The van der Waals surface area contributed by atoms with Crippen LogP contribution in [-0.4, -0.2) is 21.1 Å². The number of carbonyl (C=O) groups is 1. The highest BCUT2D eigenvalue weighted by molar-refractivity contribution is 5.89. The second-order valence-electron chi connectivity index (χ2n) is 3.85. The topological polar surface area (TPSA) is 70.7 Å². The van der Waals surface area contributed by atoms with E-state index in [1.54, 1.807) is 18.5 Å². The van der Waals surface area contributed by atoms with E-state index in [2.05, 4.69) is 20.5 Å². The van der Waals surface area contributed by atoms with Crippen molar-refractivity contribution in [3.8, 4) is 0 Å². The molecule has 0 saturated heterocycles. The number of aromatic nitrogens is 3. The number of hydrogen-bond donors (Lipinski definition) is 2. The fraction of sp³-hybridized carbons (Fsp3) is 0.250. The molecule has 2 aromatic rings. The predicted molar refractivity (Wildman–Crippen MR) is 64.5 cm³/mol. The monoisotopic (exact) mass is 230 g/mol. The molecule has 2 aromatic heterocycles. The molecule has 0 aliphatic rings. The molecule has 2 heterocycles. The van der Waals surface area contributed by atoms with Crippen molar-refractivity contribution in [3.05, 3.63) is 41.9 Å². The van der Waals surface area contributed by atoms with Crippen molar-refractivity contribution in [2.45, 2.75) is 19.8 Å². The van der Waals surface area contributed by atoms with E-state index < -0.39 is 0 Å². The van der Waals surface area contributed by atoms with Crippen LogP contribution in [0.3, 0.4) is 0 Å². The zero-order valence-electron chi connectivity index (χ0n) is 9.60. The number of pyridine rings is 1. The third-order valence-electron chi connectivity index (χ3n) is 2.34. The van der Waals surface area contributed by atoms with Gasteiger partial charge in [0, 0.05) is 30.6 Å². The smallest absolute Gasteiger partial charge is 0.225 e. The lowest BCUT2D eigenvalue weighted by molar-refractivity contribution is -0.116. The first kappa shape index (κ1) is 11.3. The van der Waals surface area contributed by atoms with E-state index >= 15 is 0 Å². The average Bonchev–Trinajstić information content (AvgIpc) is 2.73. The zero-order chi connectivity index (χ0) is 12.1. The van der Waals surface area contributed by atoms with Crippen LogP contribution in [-0.2, 0) is 11.2 Å². The van der Waals surface area contributed by atoms with Crippen molar-refractivity contribution in [3.63, 3.8) is 0 Å². The molecule has 0 radical (unpaired) electrons. The first-order chi connectivity index (χ1) is 8.24. The molecule has 0 fully saturated rings. The Morgan fingerprint density at radius 1 is 1.53 bits per heavy atom. The summed E-state index contributed by atoms with van der Waals surface area (Å²) in [5.41, 5.74) is 1.98. The second kappa shape index (κ2) is 5.25. The molecule has 17 heavy (non-hydrogen) atoms. The van der Waals surface area contributed by atoms with Gasteiger partial charge >= 0.3 is 0 Å². The van der Waals surface area contributed by atoms with Crippen LogP contribution in [0.25, 0.3) is 0 Å². The Kier molecular flexibility index (Phi) is 3.49. The largest absolute Gasteiger partial charge is 0.309 e. The summed E-state index contributed by atoms with van der Waals surface area (Å²) in [6.45, 7) is 1.89. The second-order valence-corrected chi connectivity index (χ2v) is 3.85. The molecule has 5 heteroatoms. The van der Waals surface area contributed by atoms with E-state index in [0.29, 0.717) is 18.7 Å². The number of nitrogens with one attached hydrogen (secondary N) is 2. The Balaban J connectivity index is 1.82. The molecule has 5 nitrogen and oxygen atoms in total. The Morgan fingerprint density at radius 3 is 3.06 bits per heavy atom. The third-order valence-corrected chi connectivity index (χ3v) is 2.34. The molecule has 2 rings (SSSR count). The fourth-order valence-corrected chi connectivity index (χ4v) is 1.49. The van der Waals surface area contributed by atoms with Crippen LogP contribution < -0.4 is 5.32 Å². The lowest BCUT2D eigenvalue weighted by atomic mass is 10.1. The minimum absolute atomic E-state index is 0.0413. The number of rotatable bonds is 4. The number of carbonyl (C=O) groups excluding carboxylic acids is 1. The van der Waals surface area contributed by atoms with Gasteiger partial charge in [0.1, 0.15) is 0 Å². The van der Waals surface area contributed by atoms with Crippen molar-refractivity contribution in [2.24, 2.45) is 0 Å². The van der Waals surface area contributed by atoms with Crippen LogP contribution in [0, 0.1) is 6.92 Å². The maximum absolute atomic E-state index is 11.6. The van der Waals surface area contributed by atoms with E-state index in [9.17, 15) is 4.79 Å². The van der Waals surface area contributed by atoms with Crippen LogP contribution in [0.1, 0.15) is 17.7 Å². The molecule has 0 aliphatic heterocycles. The molecule has 1 amide bonds. The summed E-state index contributed by atoms with van der Waals surface area (Å²) in [6, 6.07) is 5.62. The van der Waals surface area contributed by atoms with Crippen LogP contribution >= 0.6 is 0 Å². The van der Waals surface area contributed by atoms with Gasteiger partial charge in [-0.1, -0.05) is 6.07 Å². The predicted octanol–water partition coefficient (Wildman–Crippen LogP) is 1.68. The maximum atomic E-state index is 11.6. The van der Waals surface area contributed by atoms with E-state index in [1.165, 1.54) is 0 Å². The van der Waals surface area contributed by atoms with Gasteiger partial charge in [0.15, 0.2) is 5.82 Å². The molecule has 0 saturated carbocycles. The van der Waals surface area contributed by atoms with Gasteiger partial charge < -0.3 is 5.32 Å². The van der Waals surface area contributed by atoms with Crippen LogP contribution in [0.15, 0.2) is 30.6 Å². The Morgan fingerprint density at radius 2 is 2.41 bits per heavy atom. The van der Waals surface area contributed by atoms with Gasteiger partial charge in [0.2, 0.25) is 5.91 Å². The van der Waals surface area contributed by atoms with Crippen molar-refractivity contribution in [2.75, 3.05) is 5.32 Å². The maximum Gasteiger partial charge on any atom is 0.225 e. The van der Waals surface area contributed by atoms with Crippen molar-refractivity contribution in [1.82, 2.24) is 15.2 Å². The first-order valence-electron chi connectivity index (χ1n) is 5.45. The van der Waals surface area contributed by atoms with Crippen LogP contribution in [0.4, 0.5) is 5.82 Å². The molecular weight excluding hydrogens is 216 g/mol. The first-order valence-corrected chi connectivity index (χ1v) is 5.45. The Hall–Kier alpha value is -2.17. The number of aryl methyl sites for hydroxylation is 2. The number of anilines is 1. The number of hydrogen-bond acceptors (Lipinski definition) is 3. The lowest BCUT2D eigenvalue weighted by Gasteiger charge is -2.01. The van der Waals surface area contributed by atoms with Gasteiger partial charge in [-0.3, -0.25) is 14.9 Å². The van der Waals surface area contributed by atoms with Gasteiger partial charge in [0.05, 0.1) is 0 Å². The molecule has 88 valence electrons. The molecule has 2 N–H and O–H groups in total. The van der Waals surface area contributed by atoms with E-state index in [-0.39, 0.29) is 5.91 Å². The van der Waals surface area contributed by atoms with E-state index in [0.717, 1.165) is 11.3 Å². The highest BCUT2D eigenvalue weighted by Gasteiger charge is 2.05. The third kappa shape index (κ3) is 3.41. The highest BCUT2D eigenvalue weighted by atomic mass is 16.1. The minimum atomic E-state index is -0.0413. The summed E-state index contributed by atoms with van der Waals surface area (Å²) in [6.07, 6.45) is 4.60. The summed E-state index contributed by atoms with van der Waals surface area (Å²) in [4.78, 5) is 15.6. The Bertz CT molecular complexity index is 492. The SMILES string of the molecule is Cc1cc(NC(=O)CCc2cccnc2)n[nH]1. The summed E-state index contributed by atoms with van der Waals surface area (Å²) in [5, 5.41) is 9.45. The molecule has 0 aromatic carbocycles. The Labute approximate surface area is 99.3 Å². The molecule has 0 atom stereocenters. The summed E-state index contributed by atoms with van der Waals surface area (Å²) >= 11 is 0. The average molecular weight is 230 g/mol. The number of nitrogens with zero attached hydrogens (tertiary/aromatic N) is 2. The quantitative estimate of drug-likeness (QED) is 0.839. The van der Waals surface area contributed by atoms with Gasteiger partial charge in [-0.05, 0) is 25.0 Å². The lowest BCUT2D eigenvalue weighted by Crippen LogP contribution is -2.12. The molecule has 0 unspecified atom stereocenters.